The highest BCUT2D eigenvalue weighted by Crippen LogP contribution is 2.27. The number of rotatable bonds is 4. The summed E-state index contributed by atoms with van der Waals surface area (Å²) < 4.78 is 5.96. The third kappa shape index (κ3) is 8.04. The average molecular weight is 567 g/mol. The normalized spacial score (nSPS) is 17.1. The second-order valence-corrected chi connectivity index (χ2v) is 10.9. The fourth-order valence-electron chi connectivity index (χ4n) is 5.34. The number of nitrogens with one attached hydrogen (secondary N) is 2. The van der Waals surface area contributed by atoms with Gasteiger partial charge in [0.15, 0.2) is 0 Å². The van der Waals surface area contributed by atoms with Crippen molar-refractivity contribution in [1.29, 1.82) is 0 Å². The number of ether oxygens (including phenoxy) is 1. The lowest BCUT2D eigenvalue weighted by molar-refractivity contribution is -0.127. The van der Waals surface area contributed by atoms with Gasteiger partial charge in [-0.3, -0.25) is 14.5 Å². The molecular weight excluding hydrogens is 528 g/mol. The summed E-state index contributed by atoms with van der Waals surface area (Å²) in [5.74, 6) is 1.43. The van der Waals surface area contributed by atoms with Crippen LogP contribution in [0.1, 0.15) is 31.2 Å². The third-order valence-electron chi connectivity index (χ3n) is 7.48. The summed E-state index contributed by atoms with van der Waals surface area (Å²) in [5, 5.41) is 6.46. The van der Waals surface area contributed by atoms with Crippen LogP contribution >= 0.6 is 0 Å². The molecule has 1 saturated heterocycles. The van der Waals surface area contributed by atoms with E-state index in [1.807, 2.05) is 42.5 Å². The number of likely N-dealkylation sites (tertiary alicyclic amines) is 1. The van der Waals surface area contributed by atoms with Crippen molar-refractivity contribution in [2.75, 3.05) is 43.9 Å². The molecule has 1 aromatic heterocycles. The summed E-state index contributed by atoms with van der Waals surface area (Å²) in [5.41, 5.74) is 4.29. The van der Waals surface area contributed by atoms with Gasteiger partial charge in [-0.05, 0) is 80.3 Å². The van der Waals surface area contributed by atoms with E-state index in [4.69, 9.17) is 9.72 Å². The molecule has 0 spiro atoms. The Morgan fingerprint density at radius 2 is 2.00 bits per heavy atom. The van der Waals surface area contributed by atoms with Crippen molar-refractivity contribution < 1.29 is 14.3 Å². The highest BCUT2D eigenvalue weighted by atomic mass is 16.5. The minimum atomic E-state index is -0.0459. The lowest BCUT2D eigenvalue weighted by Crippen LogP contribution is -2.38. The number of carbonyl (C=O) groups is 2. The maximum absolute atomic E-state index is 13.1. The smallest absolute Gasteiger partial charge is 0.245 e. The second kappa shape index (κ2) is 13.9. The van der Waals surface area contributed by atoms with Gasteiger partial charge in [-0.2, -0.15) is 0 Å². The minimum Gasteiger partial charge on any atom is -0.493 e. The molecule has 2 N–H and O–H groups in total. The molecule has 5 rings (SSSR count). The number of anilines is 3. The molecule has 0 aliphatic carbocycles. The third-order valence-corrected chi connectivity index (χ3v) is 7.48. The summed E-state index contributed by atoms with van der Waals surface area (Å²) in [6.45, 7) is 6.96. The first-order valence-electron chi connectivity index (χ1n) is 14.5. The molecule has 9 heteroatoms. The van der Waals surface area contributed by atoms with Gasteiger partial charge < -0.3 is 20.3 Å². The largest absolute Gasteiger partial charge is 0.493 e. The summed E-state index contributed by atoms with van der Waals surface area (Å²) >= 11 is 0. The van der Waals surface area contributed by atoms with E-state index >= 15 is 0 Å². The Bertz CT molecular complexity index is 1450. The molecule has 1 fully saturated rings. The number of piperidine rings is 1. The molecule has 6 bridgehead atoms. The highest BCUT2D eigenvalue weighted by Gasteiger charge is 2.23. The van der Waals surface area contributed by atoms with E-state index in [0.29, 0.717) is 38.6 Å². The molecule has 0 radical (unpaired) electrons. The molecular formula is C33H38N6O3. The fourth-order valence-corrected chi connectivity index (χ4v) is 5.34. The quantitative estimate of drug-likeness (QED) is 0.322. The van der Waals surface area contributed by atoms with E-state index in [-0.39, 0.29) is 17.7 Å². The zero-order valence-electron chi connectivity index (χ0n) is 24.1. The summed E-state index contributed by atoms with van der Waals surface area (Å²) in [4.78, 5) is 38.2. The van der Waals surface area contributed by atoms with E-state index < -0.39 is 0 Å². The number of fused-ring (bicyclic) bond motifs is 7. The number of carbonyl (C=O) groups excluding carboxylic acids is 2. The van der Waals surface area contributed by atoms with Gasteiger partial charge >= 0.3 is 0 Å². The van der Waals surface area contributed by atoms with E-state index in [9.17, 15) is 9.59 Å². The van der Waals surface area contributed by atoms with Gasteiger partial charge in [0.1, 0.15) is 5.75 Å². The van der Waals surface area contributed by atoms with Crippen LogP contribution in [0, 0.1) is 5.92 Å². The number of likely N-dealkylation sites (N-methyl/N-ethyl adjacent to an activating group) is 1. The van der Waals surface area contributed by atoms with Crippen LogP contribution in [0.5, 0.6) is 5.75 Å². The first-order valence-corrected chi connectivity index (χ1v) is 14.5. The van der Waals surface area contributed by atoms with Gasteiger partial charge in [0.2, 0.25) is 17.8 Å². The van der Waals surface area contributed by atoms with Crippen molar-refractivity contribution in [2.45, 2.75) is 32.2 Å². The number of hydrogen-bond donors (Lipinski definition) is 2. The summed E-state index contributed by atoms with van der Waals surface area (Å²) in [7, 11) is 2.07. The predicted octanol–water partition coefficient (Wildman–Crippen LogP) is 5.41. The van der Waals surface area contributed by atoms with Crippen molar-refractivity contribution >= 4 is 29.1 Å². The van der Waals surface area contributed by atoms with Crippen LogP contribution in [-0.4, -0.2) is 64.9 Å². The van der Waals surface area contributed by atoms with Crippen molar-refractivity contribution in [3.63, 3.8) is 0 Å². The Hall–Kier alpha value is -4.50. The van der Waals surface area contributed by atoms with Crippen molar-refractivity contribution in [1.82, 2.24) is 19.8 Å². The monoisotopic (exact) mass is 566 g/mol. The van der Waals surface area contributed by atoms with E-state index in [0.717, 1.165) is 59.8 Å². The number of hydrogen-bond acceptors (Lipinski definition) is 7. The standard InChI is InChI=1S/C33H38N6O3/c1-3-32(41)39-15-11-24(12-16-39)20-31(40)35-27-18-25-19-28(22-27)36-33-34-13-10-30(37-33)26-8-7-9-29(21-26)42-17-6-4-5-14-38(2)23-25/h3-5,7-10,13,18-19,21-22,24H,1,6,11-12,14-17,20,23H2,2H3,(H,35,40)(H,34,36,37)/b5-4+. The van der Waals surface area contributed by atoms with Crippen LogP contribution in [0.25, 0.3) is 11.3 Å². The number of nitrogens with zero attached hydrogens (tertiary/aromatic N) is 4. The number of aromatic nitrogens is 2. The van der Waals surface area contributed by atoms with Crippen molar-refractivity contribution in [2.24, 2.45) is 5.92 Å². The first kappa shape index (κ1) is 29.0. The molecule has 2 aliphatic rings. The van der Waals surface area contributed by atoms with Gasteiger partial charge in [-0.25, -0.2) is 9.97 Å². The van der Waals surface area contributed by atoms with Crippen molar-refractivity contribution in [3.8, 4) is 17.0 Å². The lowest BCUT2D eigenvalue weighted by Gasteiger charge is -2.31. The molecule has 0 atom stereocenters. The van der Waals surface area contributed by atoms with Crippen LogP contribution in [0.15, 0.2) is 79.5 Å². The van der Waals surface area contributed by atoms with Crippen LogP contribution in [-0.2, 0) is 16.1 Å². The predicted molar refractivity (Wildman–Crippen MR) is 166 cm³/mol. The van der Waals surface area contributed by atoms with E-state index in [2.05, 4.69) is 52.4 Å². The fraction of sp³-hybridized carbons (Fsp3) is 0.333. The van der Waals surface area contributed by atoms with Crippen LogP contribution in [0.4, 0.5) is 17.3 Å². The minimum absolute atomic E-state index is 0.0299. The SMILES string of the molecule is C=CC(=O)N1CCC(CC(=O)Nc2cc3cc(c2)Nc2nccc(n2)-c2cccc(c2)OCC/C=C/CN(C)C3)CC1. The maximum atomic E-state index is 13.1. The molecule has 2 aliphatic heterocycles. The number of benzene rings is 2. The van der Waals surface area contributed by atoms with E-state index in [1.54, 1.807) is 11.1 Å². The highest BCUT2D eigenvalue weighted by molar-refractivity contribution is 5.92. The second-order valence-electron chi connectivity index (χ2n) is 10.9. The van der Waals surface area contributed by atoms with Crippen LogP contribution in [0.3, 0.4) is 0 Å². The molecule has 0 unspecified atom stereocenters. The van der Waals surface area contributed by atoms with Gasteiger partial charge in [0.05, 0.1) is 12.3 Å². The molecule has 218 valence electrons. The summed E-state index contributed by atoms with van der Waals surface area (Å²) in [6.07, 6.45) is 10.2. The number of amides is 2. The molecule has 9 nitrogen and oxygen atoms in total. The Kier molecular flexibility index (Phi) is 9.61. The van der Waals surface area contributed by atoms with E-state index in [1.165, 1.54) is 6.08 Å². The molecule has 42 heavy (non-hydrogen) atoms. The average Bonchev–Trinajstić information content (AvgIpc) is 2.98. The zero-order valence-corrected chi connectivity index (χ0v) is 24.1. The van der Waals surface area contributed by atoms with Gasteiger partial charge in [0.25, 0.3) is 0 Å². The van der Waals surface area contributed by atoms with Crippen molar-refractivity contribution in [3.05, 3.63) is 85.1 Å². The Morgan fingerprint density at radius 3 is 2.83 bits per heavy atom. The first-order chi connectivity index (χ1) is 20.4. The topological polar surface area (TPSA) is 99.7 Å². The Labute approximate surface area is 247 Å². The van der Waals surface area contributed by atoms with Crippen LogP contribution in [0.2, 0.25) is 0 Å². The molecule has 0 saturated carbocycles. The molecule has 3 aromatic rings. The van der Waals surface area contributed by atoms with Crippen LogP contribution < -0.4 is 15.4 Å². The molecule has 3 heterocycles. The van der Waals surface area contributed by atoms with Gasteiger partial charge in [0, 0.05) is 55.7 Å². The maximum Gasteiger partial charge on any atom is 0.245 e. The zero-order chi connectivity index (χ0) is 29.3. The summed E-state index contributed by atoms with van der Waals surface area (Å²) in [6, 6.07) is 15.8. The Morgan fingerprint density at radius 1 is 1.14 bits per heavy atom. The Balaban J connectivity index is 1.35. The van der Waals surface area contributed by atoms with Gasteiger partial charge in [-0.15, -0.1) is 0 Å². The lowest BCUT2D eigenvalue weighted by atomic mass is 9.93. The van der Waals surface area contributed by atoms with Gasteiger partial charge in [-0.1, -0.05) is 30.9 Å². The molecule has 2 amide bonds. The molecule has 2 aromatic carbocycles.